The third kappa shape index (κ3) is 8.79. The van der Waals surface area contributed by atoms with Crippen LogP contribution in [0.25, 0.3) is 0 Å². The Morgan fingerprint density at radius 3 is 2.47 bits per heavy atom. The first-order valence-electron chi connectivity index (χ1n) is 11.6. The highest BCUT2D eigenvalue weighted by molar-refractivity contribution is 7.09. The maximum Gasteiger partial charge on any atom is 0.408 e. The molecule has 2 aromatic carbocycles. The summed E-state index contributed by atoms with van der Waals surface area (Å²) < 4.78 is 5.28. The van der Waals surface area contributed by atoms with Crippen LogP contribution < -0.4 is 16.0 Å². The van der Waals surface area contributed by atoms with Gasteiger partial charge >= 0.3 is 6.09 Å². The fraction of sp³-hybridized carbons (Fsp3) is 0.308. The molecule has 2 atom stereocenters. The highest BCUT2D eigenvalue weighted by atomic mass is 32.1. The number of anilines is 1. The summed E-state index contributed by atoms with van der Waals surface area (Å²) in [7, 11) is 0. The number of carbonyl (C=O) groups is 3. The van der Waals surface area contributed by atoms with Crippen LogP contribution in [-0.4, -0.2) is 40.6 Å². The molecule has 1 heterocycles. The largest absolute Gasteiger partial charge is 0.445 e. The van der Waals surface area contributed by atoms with E-state index in [4.69, 9.17) is 4.74 Å². The zero-order chi connectivity index (χ0) is 25.8. The van der Waals surface area contributed by atoms with E-state index < -0.39 is 18.2 Å². The molecule has 1 unspecified atom stereocenters. The standard InChI is InChI=1S/C26H30N4O5S/c1-18(31)28-14-6-5-9-22(30-26(34)35-16-19-7-3-2-4-8-19)25(33)29-21-12-10-20(11-13-21)24(32)23-15-27-17-36-23/h2-4,7-8,10-13,15,17,22,24,32H,5-6,9,14,16H2,1H3,(H,28,31)(H,29,33)(H,30,34)/t22-,24?/m0/s1. The van der Waals surface area contributed by atoms with E-state index >= 15 is 0 Å². The Balaban J connectivity index is 1.57. The lowest BCUT2D eigenvalue weighted by Crippen LogP contribution is -2.44. The highest BCUT2D eigenvalue weighted by Gasteiger charge is 2.22. The third-order valence-corrected chi connectivity index (χ3v) is 6.16. The van der Waals surface area contributed by atoms with Gasteiger partial charge in [0.05, 0.1) is 10.4 Å². The molecule has 3 amide bonds. The smallest absolute Gasteiger partial charge is 0.408 e. The second-order valence-electron chi connectivity index (χ2n) is 8.15. The van der Waals surface area contributed by atoms with Crippen LogP contribution in [0.1, 0.15) is 48.3 Å². The van der Waals surface area contributed by atoms with Crippen molar-refractivity contribution in [3.63, 3.8) is 0 Å². The van der Waals surface area contributed by atoms with Crippen molar-refractivity contribution in [1.29, 1.82) is 0 Å². The van der Waals surface area contributed by atoms with Gasteiger partial charge in [0.25, 0.3) is 0 Å². The van der Waals surface area contributed by atoms with Crippen LogP contribution in [0.15, 0.2) is 66.3 Å². The van der Waals surface area contributed by atoms with Crippen molar-refractivity contribution >= 4 is 34.9 Å². The van der Waals surface area contributed by atoms with Gasteiger partial charge in [0, 0.05) is 25.4 Å². The number of rotatable bonds is 12. The van der Waals surface area contributed by atoms with Gasteiger partial charge in [-0.3, -0.25) is 14.6 Å². The number of ether oxygens (including phenoxy) is 1. The van der Waals surface area contributed by atoms with Crippen molar-refractivity contribution in [2.45, 2.75) is 44.9 Å². The summed E-state index contributed by atoms with van der Waals surface area (Å²) in [5.74, 6) is -0.502. The minimum atomic E-state index is -0.826. The Labute approximate surface area is 213 Å². The van der Waals surface area contributed by atoms with E-state index in [1.165, 1.54) is 18.3 Å². The minimum Gasteiger partial charge on any atom is -0.445 e. The van der Waals surface area contributed by atoms with Gasteiger partial charge in [-0.1, -0.05) is 42.5 Å². The van der Waals surface area contributed by atoms with Crippen molar-refractivity contribution < 1.29 is 24.2 Å². The molecule has 0 saturated heterocycles. The second kappa shape index (κ2) is 14.0. The zero-order valence-electron chi connectivity index (χ0n) is 20.0. The van der Waals surface area contributed by atoms with E-state index in [1.807, 2.05) is 30.3 Å². The average Bonchev–Trinajstić information content (AvgIpc) is 3.42. The van der Waals surface area contributed by atoms with Gasteiger partial charge in [0.2, 0.25) is 11.8 Å². The summed E-state index contributed by atoms with van der Waals surface area (Å²) in [4.78, 5) is 41.1. The number of nitrogens with one attached hydrogen (secondary N) is 3. The van der Waals surface area contributed by atoms with Gasteiger partial charge in [-0.2, -0.15) is 0 Å². The number of hydrogen-bond donors (Lipinski definition) is 4. The lowest BCUT2D eigenvalue weighted by molar-refractivity contribution is -0.119. The molecule has 3 aromatic rings. The number of hydrogen-bond acceptors (Lipinski definition) is 7. The number of alkyl carbamates (subject to hydrolysis) is 1. The van der Waals surface area contributed by atoms with E-state index in [-0.39, 0.29) is 18.4 Å². The van der Waals surface area contributed by atoms with E-state index in [2.05, 4.69) is 20.9 Å². The van der Waals surface area contributed by atoms with Gasteiger partial charge in [-0.15, -0.1) is 11.3 Å². The Kier molecular flexibility index (Phi) is 10.4. The maximum absolute atomic E-state index is 13.0. The molecule has 0 bridgehead atoms. The molecule has 4 N–H and O–H groups in total. The van der Waals surface area contributed by atoms with E-state index in [0.29, 0.717) is 37.1 Å². The molecule has 9 nitrogen and oxygen atoms in total. The van der Waals surface area contributed by atoms with E-state index in [9.17, 15) is 19.5 Å². The first kappa shape index (κ1) is 26.8. The monoisotopic (exact) mass is 510 g/mol. The molecule has 190 valence electrons. The fourth-order valence-corrected chi connectivity index (χ4v) is 4.05. The summed E-state index contributed by atoms with van der Waals surface area (Å²) in [6, 6.07) is 15.3. The highest BCUT2D eigenvalue weighted by Crippen LogP contribution is 2.25. The van der Waals surface area contributed by atoms with Crippen LogP contribution in [0, 0.1) is 0 Å². The molecule has 0 aliphatic rings. The van der Waals surface area contributed by atoms with Gasteiger partial charge in [0.15, 0.2) is 0 Å². The second-order valence-corrected chi connectivity index (χ2v) is 9.07. The lowest BCUT2D eigenvalue weighted by atomic mass is 10.1. The Morgan fingerprint density at radius 2 is 1.81 bits per heavy atom. The third-order valence-electron chi connectivity index (χ3n) is 5.33. The van der Waals surface area contributed by atoms with Crippen LogP contribution >= 0.6 is 11.3 Å². The summed E-state index contributed by atoms with van der Waals surface area (Å²) in [6.45, 7) is 2.03. The predicted octanol–water partition coefficient (Wildman–Crippen LogP) is 3.76. The summed E-state index contributed by atoms with van der Waals surface area (Å²) in [5, 5.41) is 18.6. The number of aliphatic hydroxyl groups excluding tert-OH is 1. The minimum absolute atomic E-state index is 0.0904. The molecule has 1 aromatic heterocycles. The Bertz CT molecular complexity index is 1110. The van der Waals surface area contributed by atoms with Crippen molar-refractivity contribution in [2.24, 2.45) is 0 Å². The molecule has 36 heavy (non-hydrogen) atoms. The quantitative estimate of drug-likeness (QED) is 0.275. The number of benzene rings is 2. The zero-order valence-corrected chi connectivity index (χ0v) is 20.8. The van der Waals surface area contributed by atoms with Gasteiger partial charge in [0.1, 0.15) is 18.8 Å². The van der Waals surface area contributed by atoms with Crippen molar-refractivity contribution in [3.05, 3.63) is 82.3 Å². The van der Waals surface area contributed by atoms with Crippen LogP contribution in [0.4, 0.5) is 10.5 Å². The average molecular weight is 511 g/mol. The number of aromatic nitrogens is 1. The number of carbonyl (C=O) groups excluding carboxylic acids is 3. The van der Waals surface area contributed by atoms with Crippen molar-refractivity contribution in [1.82, 2.24) is 15.6 Å². The van der Waals surface area contributed by atoms with Crippen LogP contribution in [0.2, 0.25) is 0 Å². The number of nitrogens with zero attached hydrogens (tertiary/aromatic N) is 1. The van der Waals surface area contributed by atoms with Gasteiger partial charge in [-0.05, 0) is 42.5 Å². The predicted molar refractivity (Wildman–Crippen MR) is 137 cm³/mol. The molecule has 10 heteroatoms. The molecule has 0 aliphatic carbocycles. The summed E-state index contributed by atoms with van der Waals surface area (Å²) >= 11 is 1.36. The number of aliphatic hydroxyl groups is 1. The number of unbranched alkanes of at least 4 members (excludes halogenated alkanes) is 1. The fourth-order valence-electron chi connectivity index (χ4n) is 3.42. The van der Waals surface area contributed by atoms with E-state index in [1.54, 1.807) is 36.0 Å². The molecular weight excluding hydrogens is 480 g/mol. The molecular formula is C26H30N4O5S. The molecule has 0 spiro atoms. The first-order valence-corrected chi connectivity index (χ1v) is 12.5. The van der Waals surface area contributed by atoms with Gasteiger partial charge < -0.3 is 25.8 Å². The lowest BCUT2D eigenvalue weighted by Gasteiger charge is -2.19. The molecule has 0 radical (unpaired) electrons. The SMILES string of the molecule is CC(=O)NCCCC[C@H](NC(=O)OCc1ccccc1)C(=O)Nc1ccc(C(O)c2cncs2)cc1. The van der Waals surface area contributed by atoms with Crippen molar-refractivity contribution in [2.75, 3.05) is 11.9 Å². The Morgan fingerprint density at radius 1 is 1.06 bits per heavy atom. The Hall–Kier alpha value is -3.76. The summed E-state index contributed by atoms with van der Waals surface area (Å²) in [5.41, 5.74) is 3.70. The van der Waals surface area contributed by atoms with Crippen LogP contribution in [0.3, 0.4) is 0 Å². The van der Waals surface area contributed by atoms with E-state index in [0.717, 1.165) is 10.4 Å². The number of thiazole rings is 1. The first-order chi connectivity index (χ1) is 17.4. The molecule has 3 rings (SSSR count). The van der Waals surface area contributed by atoms with Crippen LogP contribution in [-0.2, 0) is 20.9 Å². The van der Waals surface area contributed by atoms with Gasteiger partial charge in [-0.25, -0.2) is 4.79 Å². The molecule has 0 fully saturated rings. The summed E-state index contributed by atoms with van der Waals surface area (Å²) in [6.07, 6.45) is 1.77. The number of amides is 3. The van der Waals surface area contributed by atoms with Crippen molar-refractivity contribution in [3.8, 4) is 0 Å². The molecule has 0 saturated carbocycles. The maximum atomic E-state index is 13.0. The van der Waals surface area contributed by atoms with Crippen LogP contribution in [0.5, 0.6) is 0 Å². The normalized spacial score (nSPS) is 12.3. The molecule has 0 aliphatic heterocycles. The topological polar surface area (TPSA) is 130 Å².